The van der Waals surface area contributed by atoms with Crippen LogP contribution in [0.25, 0.3) is 0 Å². The summed E-state index contributed by atoms with van der Waals surface area (Å²) in [5.41, 5.74) is -1.05. The number of hydrogen-bond donors (Lipinski definition) is 1. The monoisotopic (exact) mass is 352 g/mol. The molecule has 23 heavy (non-hydrogen) atoms. The average molecular weight is 352 g/mol. The first kappa shape index (κ1) is 20.0. The predicted molar refractivity (Wildman–Crippen MR) is 74.9 cm³/mol. The Hall–Kier alpha value is -1.09. The van der Waals surface area contributed by atoms with Gasteiger partial charge in [-0.2, -0.15) is 13.2 Å². The first-order valence-corrected chi connectivity index (χ1v) is 7.10. The van der Waals surface area contributed by atoms with Gasteiger partial charge in [0.25, 0.3) is 0 Å². The van der Waals surface area contributed by atoms with Gasteiger partial charge in [-0.25, -0.2) is 4.98 Å². The molecule has 1 N–H and O–H groups in total. The van der Waals surface area contributed by atoms with Gasteiger partial charge in [-0.05, 0) is 17.7 Å². The molecule has 0 saturated carbocycles. The van der Waals surface area contributed by atoms with E-state index >= 15 is 0 Å². The number of aromatic nitrogens is 1. The molecule has 0 aliphatic rings. The third-order valence-electron chi connectivity index (χ3n) is 3.16. The second-order valence-corrected chi connectivity index (χ2v) is 6.01. The van der Waals surface area contributed by atoms with Crippen molar-refractivity contribution in [3.8, 4) is 0 Å². The Kier molecular flexibility index (Phi) is 6.25. The average Bonchev–Trinajstić information content (AvgIpc) is 2.87. The molecule has 2 rings (SSSR count). The van der Waals surface area contributed by atoms with E-state index in [1.54, 1.807) is 24.3 Å². The van der Waals surface area contributed by atoms with Crippen LogP contribution in [0.4, 0.5) is 24.0 Å². The first-order valence-electron chi connectivity index (χ1n) is 6.22. The van der Waals surface area contributed by atoms with Crippen molar-refractivity contribution in [1.29, 1.82) is 0 Å². The van der Waals surface area contributed by atoms with Crippen LogP contribution in [0.5, 0.6) is 0 Å². The number of halogens is 3. The molecule has 0 fully saturated rings. The number of nitrogens with one attached hydrogen (secondary N) is 1. The molecule has 0 aliphatic heterocycles. The number of thiazole rings is 1. The summed E-state index contributed by atoms with van der Waals surface area (Å²) in [5.74, 6) is -1.21. The van der Waals surface area contributed by atoms with E-state index in [1.807, 2.05) is 0 Å². The zero-order chi connectivity index (χ0) is 16.5. The van der Waals surface area contributed by atoms with Gasteiger partial charge >= 0.3 is 35.7 Å². The summed E-state index contributed by atoms with van der Waals surface area (Å²) < 4.78 is 37.4. The van der Waals surface area contributed by atoms with Gasteiger partial charge in [0.2, 0.25) is 0 Å². The van der Waals surface area contributed by atoms with Crippen molar-refractivity contribution >= 4 is 28.1 Å². The first-order chi connectivity index (χ1) is 10.1. The van der Waals surface area contributed by atoms with Crippen LogP contribution in [-0.4, -0.2) is 11.0 Å². The smallest absolute Gasteiger partial charge is 0.549 e. The third kappa shape index (κ3) is 4.69. The molecule has 9 heteroatoms. The molecule has 0 amide bonds. The zero-order valence-electron chi connectivity index (χ0n) is 12.7. The van der Waals surface area contributed by atoms with E-state index < -0.39 is 23.3 Å². The number of alkyl halides is 3. The minimum absolute atomic E-state index is 0. The van der Waals surface area contributed by atoms with Gasteiger partial charge in [0.1, 0.15) is 0 Å². The quantitative estimate of drug-likeness (QED) is 0.783. The summed E-state index contributed by atoms with van der Waals surface area (Å²) >= 11 is 0.840. The molecule has 1 aromatic carbocycles. The van der Waals surface area contributed by atoms with Gasteiger partial charge in [-0.3, -0.25) is 0 Å². The molecule has 0 aliphatic carbocycles. The molecule has 0 radical (unpaired) electrons. The minimum atomic E-state index is -4.47. The third-order valence-corrected chi connectivity index (χ3v) is 3.92. The second-order valence-electron chi connectivity index (χ2n) is 5.15. The van der Waals surface area contributed by atoms with Gasteiger partial charge < -0.3 is 15.2 Å². The van der Waals surface area contributed by atoms with Crippen molar-refractivity contribution in [2.45, 2.75) is 25.4 Å². The van der Waals surface area contributed by atoms with E-state index in [2.05, 4.69) is 10.3 Å². The van der Waals surface area contributed by atoms with Crippen LogP contribution in [0, 0.1) is 0 Å². The van der Waals surface area contributed by atoms with Crippen LogP contribution in [0.3, 0.4) is 0 Å². The number of carbonyl (C=O) groups excluding carboxylic acids is 1. The molecular formula is C14H12F3N2NaO2S. The summed E-state index contributed by atoms with van der Waals surface area (Å²) in [7, 11) is 0. The second kappa shape index (κ2) is 7.21. The molecule has 0 spiro atoms. The maximum absolute atomic E-state index is 12.5. The van der Waals surface area contributed by atoms with E-state index in [9.17, 15) is 23.1 Å². The van der Waals surface area contributed by atoms with E-state index in [0.29, 0.717) is 11.3 Å². The molecule has 4 nitrogen and oxygen atoms in total. The molecule has 118 valence electrons. The van der Waals surface area contributed by atoms with Gasteiger partial charge in [0.05, 0.1) is 5.97 Å². The molecule has 1 aromatic heterocycles. The van der Waals surface area contributed by atoms with Crippen LogP contribution in [-0.2, 0) is 16.4 Å². The Morgan fingerprint density at radius 3 is 2.22 bits per heavy atom. The molecule has 1 heterocycles. The summed E-state index contributed by atoms with van der Waals surface area (Å²) in [6.07, 6.45) is -4.47. The molecule has 0 saturated heterocycles. The number of carbonyl (C=O) groups is 1. The predicted octanol–water partition coefficient (Wildman–Crippen LogP) is -0.0630. The van der Waals surface area contributed by atoms with Gasteiger partial charge in [0, 0.05) is 16.5 Å². The van der Waals surface area contributed by atoms with Crippen molar-refractivity contribution in [1.82, 2.24) is 4.98 Å². The summed E-state index contributed by atoms with van der Waals surface area (Å²) in [6, 6.07) is 6.32. The number of anilines is 2. The number of rotatable bonds is 4. The van der Waals surface area contributed by atoms with Crippen LogP contribution in [0.1, 0.15) is 25.1 Å². The van der Waals surface area contributed by atoms with Crippen molar-refractivity contribution in [3.05, 3.63) is 40.9 Å². The molecule has 0 bridgehead atoms. The Labute approximate surface area is 157 Å². The molecular weight excluding hydrogens is 340 g/mol. The van der Waals surface area contributed by atoms with Crippen molar-refractivity contribution in [3.63, 3.8) is 0 Å². The molecule has 2 aromatic rings. The van der Waals surface area contributed by atoms with E-state index in [4.69, 9.17) is 0 Å². The van der Waals surface area contributed by atoms with Crippen molar-refractivity contribution < 1.29 is 52.6 Å². The fourth-order valence-corrected chi connectivity index (χ4v) is 2.41. The number of benzene rings is 1. The van der Waals surface area contributed by atoms with Gasteiger partial charge in [-0.1, -0.05) is 26.0 Å². The number of nitrogens with zero attached hydrogens (tertiary/aromatic N) is 1. The Morgan fingerprint density at radius 2 is 1.78 bits per heavy atom. The number of aliphatic carboxylic acids is 1. The minimum Gasteiger partial charge on any atom is -0.549 e. The molecule has 0 unspecified atom stereocenters. The largest absolute Gasteiger partial charge is 1.00 e. The standard InChI is InChI=1S/C14H13F3N2O2S.Na/c1-13(2,11(20)21)8-3-5-9(6-4-8)18-12-19-10(7-22-12)14(15,16)17;/h3-7H,1-2H3,(H,18,19)(H,20,21);/q;+1/p-1. The van der Waals surface area contributed by atoms with E-state index in [1.165, 1.54) is 13.8 Å². The van der Waals surface area contributed by atoms with E-state index in [-0.39, 0.29) is 34.7 Å². The van der Waals surface area contributed by atoms with Crippen LogP contribution in [0.2, 0.25) is 0 Å². The summed E-state index contributed by atoms with van der Waals surface area (Å²) in [4.78, 5) is 14.5. The maximum Gasteiger partial charge on any atom is 1.00 e. The fraction of sp³-hybridized carbons (Fsp3) is 0.286. The molecule has 0 atom stereocenters. The van der Waals surface area contributed by atoms with Crippen molar-refractivity contribution in [2.75, 3.05) is 5.32 Å². The SMILES string of the molecule is CC(C)(C(=O)[O-])c1ccc(Nc2nc(C(F)(F)F)cs2)cc1.[Na+]. The zero-order valence-corrected chi connectivity index (χ0v) is 15.5. The number of carboxylic acid groups (broad SMARTS) is 1. The number of hydrogen-bond acceptors (Lipinski definition) is 5. The van der Waals surface area contributed by atoms with Gasteiger partial charge in [-0.15, -0.1) is 11.3 Å². The van der Waals surface area contributed by atoms with Crippen LogP contribution < -0.4 is 40.0 Å². The fourth-order valence-electron chi connectivity index (χ4n) is 1.67. The summed E-state index contributed by atoms with van der Waals surface area (Å²) in [5, 5.41) is 14.8. The maximum atomic E-state index is 12.5. The van der Waals surface area contributed by atoms with Crippen molar-refractivity contribution in [2.24, 2.45) is 0 Å². The Morgan fingerprint density at radius 1 is 1.22 bits per heavy atom. The van der Waals surface area contributed by atoms with Crippen LogP contribution >= 0.6 is 11.3 Å². The topological polar surface area (TPSA) is 65.0 Å². The number of carboxylic acids is 1. The Bertz CT molecular complexity index is 684. The normalized spacial score (nSPS) is 11.7. The Balaban J connectivity index is 0.00000264. The summed E-state index contributed by atoms with van der Waals surface area (Å²) in [6.45, 7) is 3.03. The van der Waals surface area contributed by atoms with Crippen LogP contribution in [0.15, 0.2) is 29.6 Å². The van der Waals surface area contributed by atoms with Gasteiger partial charge in [0.15, 0.2) is 10.8 Å². The van der Waals surface area contributed by atoms with E-state index in [0.717, 1.165) is 16.7 Å².